The zero-order valence-corrected chi connectivity index (χ0v) is 24.7. The van der Waals surface area contributed by atoms with Gasteiger partial charge in [-0.2, -0.15) is 10.1 Å². The summed E-state index contributed by atoms with van der Waals surface area (Å²) >= 11 is 5.90. The van der Waals surface area contributed by atoms with Gasteiger partial charge in [0.05, 0.1) is 17.7 Å². The summed E-state index contributed by atoms with van der Waals surface area (Å²) in [5.74, 6) is -1.21. The van der Waals surface area contributed by atoms with Gasteiger partial charge >= 0.3 is 19.4 Å². The van der Waals surface area contributed by atoms with E-state index in [1.807, 2.05) is 6.07 Å². The summed E-state index contributed by atoms with van der Waals surface area (Å²) in [5.41, 5.74) is 1.34. The van der Waals surface area contributed by atoms with Crippen molar-refractivity contribution in [1.82, 2.24) is 14.6 Å². The lowest BCUT2D eigenvalue weighted by molar-refractivity contribution is -0.192. The molecule has 13 nitrogen and oxygen atoms in total. The number of aliphatic hydroxyl groups is 2. The lowest BCUT2D eigenvalue weighted by Crippen LogP contribution is -2.53. The number of benzene rings is 2. The first-order valence-corrected chi connectivity index (χ1v) is 14.9. The number of aliphatic hydroxyl groups excluding tert-OH is 2. The average Bonchev–Trinajstić information content (AvgIpc) is 3.19. The molecule has 1 aliphatic rings. The first-order valence-electron chi connectivity index (χ1n) is 12.9. The van der Waals surface area contributed by atoms with Gasteiger partial charge in [0.2, 0.25) is 0 Å². The summed E-state index contributed by atoms with van der Waals surface area (Å²) in [4.78, 5) is 28.3. The van der Waals surface area contributed by atoms with E-state index in [-0.39, 0.29) is 16.6 Å². The molecular formula is C26H30ClF2N4O9P. The first-order chi connectivity index (χ1) is 20.2. The number of halogens is 3. The number of nitrogens with one attached hydrogen (secondary N) is 1. The third-order valence-corrected chi connectivity index (χ3v) is 8.41. The molecule has 17 heteroatoms. The van der Waals surface area contributed by atoms with E-state index in [9.17, 15) is 33.1 Å². The SMILES string of the molecule is CC(C)OC(=O)[C@H](C)NP(=O)(OC[C@@]1(C(F)F)O[C@@H](n2cc(Cl)c(N)nc2=O)[C@H](O)[C@H]1O)Oc1ccc2ccccc2c1. The van der Waals surface area contributed by atoms with E-state index in [4.69, 9.17) is 35.9 Å². The molecule has 2 aromatic carbocycles. The van der Waals surface area contributed by atoms with Crippen LogP contribution in [0.3, 0.4) is 0 Å². The Morgan fingerprint density at radius 1 is 1.23 bits per heavy atom. The average molecular weight is 647 g/mol. The van der Waals surface area contributed by atoms with Crippen LogP contribution in [0.1, 0.15) is 27.0 Å². The number of alkyl halides is 2. The fourth-order valence-corrected chi connectivity index (χ4v) is 5.97. The normalized spacial score (nSPS) is 24.3. The molecule has 5 N–H and O–H groups in total. The molecule has 0 spiro atoms. The van der Waals surface area contributed by atoms with Crippen molar-refractivity contribution < 1.29 is 46.9 Å². The maximum Gasteiger partial charge on any atom is 0.459 e. The second-order valence-electron chi connectivity index (χ2n) is 10.1. The van der Waals surface area contributed by atoms with Crippen molar-refractivity contribution in [2.75, 3.05) is 12.3 Å². The number of rotatable bonds is 11. The van der Waals surface area contributed by atoms with Crippen molar-refractivity contribution in [1.29, 1.82) is 0 Å². The highest BCUT2D eigenvalue weighted by molar-refractivity contribution is 7.52. The van der Waals surface area contributed by atoms with Crippen LogP contribution in [0.2, 0.25) is 5.02 Å². The van der Waals surface area contributed by atoms with E-state index in [1.54, 1.807) is 38.1 Å². The van der Waals surface area contributed by atoms with Crippen molar-refractivity contribution >= 4 is 41.9 Å². The summed E-state index contributed by atoms with van der Waals surface area (Å²) < 4.78 is 65.3. The van der Waals surface area contributed by atoms with Gasteiger partial charge in [-0.05, 0) is 43.7 Å². The standard InChI is InChI=1S/C26H30ClF2N4O9P/c1-13(2)40-23(36)14(3)32-43(38,42-17-9-8-15-6-4-5-7-16(15)10-17)39-12-26(24(28)29)20(35)19(34)22(41-26)33-11-18(27)21(30)31-25(33)37/h4-11,13-14,19-20,22,24,34-35H,12H2,1-3H3,(H,32,38)(H2,30,31,37)/t14-,19+,20+,22+,26+,43?/m0/s1. The second kappa shape index (κ2) is 12.8. The molecule has 0 radical (unpaired) electrons. The number of nitrogen functional groups attached to an aromatic ring is 1. The zero-order chi connectivity index (χ0) is 31.7. The maximum absolute atomic E-state index is 14.6. The highest BCUT2D eigenvalue weighted by atomic mass is 35.5. The molecule has 1 aliphatic heterocycles. The fourth-order valence-electron chi connectivity index (χ4n) is 4.30. The maximum atomic E-state index is 14.6. The van der Waals surface area contributed by atoms with Crippen LogP contribution in [0.5, 0.6) is 5.75 Å². The number of nitrogens with two attached hydrogens (primary N) is 1. The smallest absolute Gasteiger partial charge is 0.459 e. The van der Waals surface area contributed by atoms with E-state index < -0.39 is 68.6 Å². The van der Waals surface area contributed by atoms with Gasteiger partial charge in [-0.25, -0.2) is 18.1 Å². The van der Waals surface area contributed by atoms with Crippen LogP contribution < -0.4 is 21.0 Å². The van der Waals surface area contributed by atoms with E-state index >= 15 is 0 Å². The monoisotopic (exact) mass is 646 g/mol. The Hall–Kier alpha value is -3.17. The van der Waals surface area contributed by atoms with Crippen molar-refractivity contribution in [2.24, 2.45) is 0 Å². The molecule has 3 aromatic rings. The molecule has 1 fully saturated rings. The minimum absolute atomic E-state index is 0.00926. The minimum Gasteiger partial charge on any atom is -0.462 e. The third-order valence-electron chi connectivity index (χ3n) is 6.50. The Balaban J connectivity index is 1.66. The number of ether oxygens (including phenoxy) is 2. The molecule has 1 unspecified atom stereocenters. The number of carbonyl (C=O) groups is 1. The number of fused-ring (bicyclic) bond motifs is 1. The van der Waals surface area contributed by atoms with Gasteiger partial charge in [0.1, 0.15) is 29.8 Å². The van der Waals surface area contributed by atoms with Crippen molar-refractivity contribution in [3.63, 3.8) is 0 Å². The minimum atomic E-state index is -4.74. The third kappa shape index (κ3) is 6.99. The van der Waals surface area contributed by atoms with Gasteiger partial charge in [0, 0.05) is 6.20 Å². The van der Waals surface area contributed by atoms with Crippen LogP contribution in [0, 0.1) is 0 Å². The quantitative estimate of drug-likeness (QED) is 0.177. The molecule has 1 saturated heterocycles. The molecule has 234 valence electrons. The number of nitrogens with zero attached hydrogens (tertiary/aromatic N) is 2. The predicted molar refractivity (Wildman–Crippen MR) is 151 cm³/mol. The van der Waals surface area contributed by atoms with Crippen LogP contribution in [-0.2, 0) is 23.4 Å². The van der Waals surface area contributed by atoms with Crippen molar-refractivity contribution in [3.05, 3.63) is 64.2 Å². The van der Waals surface area contributed by atoms with Gasteiger partial charge in [-0.15, -0.1) is 0 Å². The molecule has 0 saturated carbocycles. The zero-order valence-electron chi connectivity index (χ0n) is 23.1. The topological polar surface area (TPSA) is 184 Å². The molecule has 1 aromatic heterocycles. The van der Waals surface area contributed by atoms with Crippen LogP contribution >= 0.6 is 19.3 Å². The highest BCUT2D eigenvalue weighted by Gasteiger charge is 2.61. The summed E-state index contributed by atoms with van der Waals surface area (Å²) in [6, 6.07) is 10.4. The number of hydrogen-bond donors (Lipinski definition) is 4. The van der Waals surface area contributed by atoms with Gasteiger partial charge in [0.25, 0.3) is 6.43 Å². The Morgan fingerprint density at radius 2 is 1.91 bits per heavy atom. The lowest BCUT2D eigenvalue weighted by atomic mass is 9.96. The van der Waals surface area contributed by atoms with E-state index in [2.05, 4.69) is 10.1 Å². The molecular weight excluding hydrogens is 617 g/mol. The molecule has 0 amide bonds. The molecule has 0 aliphatic carbocycles. The lowest BCUT2D eigenvalue weighted by Gasteiger charge is -2.32. The van der Waals surface area contributed by atoms with Crippen molar-refractivity contribution in [2.45, 2.75) is 63.4 Å². The van der Waals surface area contributed by atoms with Gasteiger partial charge in [0.15, 0.2) is 11.8 Å². The molecule has 0 bridgehead atoms. The van der Waals surface area contributed by atoms with E-state index in [0.29, 0.717) is 9.95 Å². The van der Waals surface area contributed by atoms with E-state index in [0.717, 1.165) is 11.6 Å². The summed E-state index contributed by atoms with van der Waals surface area (Å²) in [6.07, 6.45) is -9.61. The Bertz CT molecular complexity index is 1600. The van der Waals surface area contributed by atoms with E-state index in [1.165, 1.54) is 19.1 Å². The molecule has 4 rings (SSSR count). The molecule has 43 heavy (non-hydrogen) atoms. The Morgan fingerprint density at radius 3 is 2.56 bits per heavy atom. The number of anilines is 1. The van der Waals surface area contributed by atoms with Gasteiger partial charge < -0.3 is 29.9 Å². The molecule has 2 heterocycles. The first kappa shape index (κ1) is 32.7. The molecule has 6 atom stereocenters. The van der Waals surface area contributed by atoms with Crippen molar-refractivity contribution in [3.8, 4) is 5.75 Å². The van der Waals surface area contributed by atoms with Crippen LogP contribution in [0.4, 0.5) is 14.6 Å². The fraction of sp³-hybridized carbons (Fsp3) is 0.423. The second-order valence-corrected chi connectivity index (χ2v) is 12.2. The predicted octanol–water partition coefficient (Wildman–Crippen LogP) is 3.02. The van der Waals surface area contributed by atoms with Crippen LogP contribution in [0.15, 0.2) is 53.5 Å². The van der Waals surface area contributed by atoms with Gasteiger partial charge in [-0.1, -0.05) is 41.9 Å². The highest BCUT2D eigenvalue weighted by Crippen LogP contribution is 2.49. The largest absolute Gasteiger partial charge is 0.462 e. The van der Waals surface area contributed by atoms with Crippen LogP contribution in [-0.4, -0.2) is 68.7 Å². The summed E-state index contributed by atoms with van der Waals surface area (Å²) in [7, 11) is -4.74. The number of carbonyl (C=O) groups excluding carboxylic acids is 1. The number of hydrogen-bond acceptors (Lipinski definition) is 11. The Labute approximate surface area is 249 Å². The summed E-state index contributed by atoms with van der Waals surface area (Å²) in [6.45, 7) is 3.13. The number of aromatic nitrogens is 2. The van der Waals surface area contributed by atoms with Crippen LogP contribution in [0.25, 0.3) is 10.8 Å². The number of esters is 1. The Kier molecular flexibility index (Phi) is 9.76. The van der Waals surface area contributed by atoms with Gasteiger partial charge in [-0.3, -0.25) is 13.9 Å². The summed E-state index contributed by atoms with van der Waals surface area (Å²) in [5, 5.41) is 25.0.